The Morgan fingerprint density at radius 3 is 2.00 bits per heavy atom. The zero-order valence-corrected chi connectivity index (χ0v) is 5.21. The van der Waals surface area contributed by atoms with Crippen LogP contribution in [0.1, 0.15) is 25.7 Å². The molecule has 1 heteroatoms. The molecule has 0 unspecified atom stereocenters. The molecule has 40 valence electrons. The van der Waals surface area contributed by atoms with E-state index < -0.39 is 0 Å². The van der Waals surface area contributed by atoms with E-state index >= 15 is 0 Å². The molecule has 2 fully saturated rings. The van der Waals surface area contributed by atoms with Crippen molar-refractivity contribution in [2.24, 2.45) is 0 Å². The Bertz CT molecular complexity index is 70.2. The fourth-order valence-corrected chi connectivity index (χ4v) is 2.61. The summed E-state index contributed by atoms with van der Waals surface area (Å²) in [4.78, 5) is 0. The van der Waals surface area contributed by atoms with Gasteiger partial charge in [-0.3, -0.25) is 0 Å². The third-order valence-electron chi connectivity index (χ3n) is 1.91. The number of thioether (sulfide) groups is 1. The van der Waals surface area contributed by atoms with E-state index in [0.717, 1.165) is 10.5 Å². The average molecular weight is 114 g/mol. The minimum atomic E-state index is 1.12. The smallest absolute Gasteiger partial charge is 0.0169 e. The van der Waals surface area contributed by atoms with Crippen LogP contribution in [0.3, 0.4) is 0 Å². The molecule has 2 atom stereocenters. The van der Waals surface area contributed by atoms with E-state index in [1.807, 2.05) is 0 Å². The van der Waals surface area contributed by atoms with Crippen molar-refractivity contribution in [2.45, 2.75) is 36.2 Å². The lowest BCUT2D eigenvalue weighted by atomic mass is 10.0. The number of fused-ring (bicyclic) bond motifs is 1. The predicted octanol–water partition coefficient (Wildman–Crippen LogP) is 2.04. The van der Waals surface area contributed by atoms with Crippen molar-refractivity contribution in [2.75, 3.05) is 0 Å². The van der Waals surface area contributed by atoms with Crippen LogP contribution in [0.4, 0.5) is 0 Å². The Morgan fingerprint density at radius 2 is 1.57 bits per heavy atom. The summed E-state index contributed by atoms with van der Waals surface area (Å²) >= 11 is 2.20. The zero-order valence-electron chi connectivity index (χ0n) is 4.39. The molecule has 0 radical (unpaired) electrons. The fourth-order valence-electron chi connectivity index (χ4n) is 1.38. The molecule has 0 aromatic rings. The summed E-state index contributed by atoms with van der Waals surface area (Å²) in [6.45, 7) is 0. The first-order valence-corrected chi connectivity index (χ1v) is 4.06. The van der Waals surface area contributed by atoms with Gasteiger partial charge in [0.15, 0.2) is 0 Å². The highest BCUT2D eigenvalue weighted by Crippen LogP contribution is 2.50. The summed E-state index contributed by atoms with van der Waals surface area (Å²) < 4.78 is 0. The Morgan fingerprint density at radius 1 is 1.00 bits per heavy atom. The normalized spacial score (nSPS) is 48.0. The molecular formula is C6H10S. The molecule has 0 amide bonds. The highest BCUT2D eigenvalue weighted by atomic mass is 32.2. The van der Waals surface area contributed by atoms with E-state index in [1.54, 1.807) is 0 Å². The molecule has 0 spiro atoms. The number of hydrogen-bond donors (Lipinski definition) is 0. The van der Waals surface area contributed by atoms with Crippen LogP contribution in [0.5, 0.6) is 0 Å². The van der Waals surface area contributed by atoms with Gasteiger partial charge in [-0.05, 0) is 12.8 Å². The lowest BCUT2D eigenvalue weighted by Gasteiger charge is -2.02. The van der Waals surface area contributed by atoms with Gasteiger partial charge in [0.05, 0.1) is 0 Å². The molecule has 1 aliphatic heterocycles. The summed E-state index contributed by atoms with van der Waals surface area (Å²) in [5.41, 5.74) is 0. The van der Waals surface area contributed by atoms with E-state index in [4.69, 9.17) is 0 Å². The second-order valence-corrected chi connectivity index (χ2v) is 3.98. The molecule has 2 rings (SSSR count). The largest absolute Gasteiger partial charge is 0.153 e. The molecule has 1 aliphatic carbocycles. The Balaban J connectivity index is 1.95. The summed E-state index contributed by atoms with van der Waals surface area (Å²) in [6, 6.07) is 0. The van der Waals surface area contributed by atoms with Gasteiger partial charge in [-0.1, -0.05) is 12.8 Å². The zero-order chi connectivity index (χ0) is 4.69. The first-order valence-electron chi connectivity index (χ1n) is 3.12. The van der Waals surface area contributed by atoms with Crippen molar-refractivity contribution in [1.82, 2.24) is 0 Å². The maximum atomic E-state index is 2.20. The number of hydrogen-bond acceptors (Lipinski definition) is 1. The molecule has 0 bridgehead atoms. The fraction of sp³-hybridized carbons (Fsp3) is 1.00. The van der Waals surface area contributed by atoms with Crippen LogP contribution >= 0.6 is 11.8 Å². The Kier molecular flexibility index (Phi) is 0.857. The van der Waals surface area contributed by atoms with Crippen molar-refractivity contribution in [3.05, 3.63) is 0 Å². The van der Waals surface area contributed by atoms with Crippen molar-refractivity contribution in [3.8, 4) is 0 Å². The van der Waals surface area contributed by atoms with Crippen LogP contribution < -0.4 is 0 Å². The van der Waals surface area contributed by atoms with Gasteiger partial charge in [0.2, 0.25) is 0 Å². The predicted molar refractivity (Wildman–Crippen MR) is 33.6 cm³/mol. The van der Waals surface area contributed by atoms with Gasteiger partial charge in [0.1, 0.15) is 0 Å². The third-order valence-corrected chi connectivity index (χ3v) is 3.43. The first-order chi connectivity index (χ1) is 3.47. The molecule has 2 aliphatic rings. The van der Waals surface area contributed by atoms with Gasteiger partial charge in [0.25, 0.3) is 0 Å². The van der Waals surface area contributed by atoms with E-state index in [1.165, 1.54) is 25.7 Å². The molecule has 1 saturated heterocycles. The lowest BCUT2D eigenvalue weighted by Crippen LogP contribution is -2.00. The Labute approximate surface area is 48.7 Å². The standard InChI is InChI=1S/C6H10S/c1-2-4-6-5(3-1)7-6/h5-6H,1-4H2/t5-,6+. The second kappa shape index (κ2) is 1.41. The molecule has 7 heavy (non-hydrogen) atoms. The van der Waals surface area contributed by atoms with Crippen LogP contribution in [0.25, 0.3) is 0 Å². The van der Waals surface area contributed by atoms with Crippen LogP contribution in [0.15, 0.2) is 0 Å². The van der Waals surface area contributed by atoms with Crippen LogP contribution in [0.2, 0.25) is 0 Å². The summed E-state index contributed by atoms with van der Waals surface area (Å²) in [5.74, 6) is 0. The van der Waals surface area contributed by atoms with E-state index in [0.29, 0.717) is 0 Å². The molecule has 0 nitrogen and oxygen atoms in total. The minimum Gasteiger partial charge on any atom is -0.153 e. The SMILES string of the molecule is C1CC[C@H]2S[C@H]2C1. The van der Waals surface area contributed by atoms with Crippen molar-refractivity contribution in [3.63, 3.8) is 0 Å². The van der Waals surface area contributed by atoms with Crippen LogP contribution in [-0.4, -0.2) is 10.5 Å². The van der Waals surface area contributed by atoms with Crippen molar-refractivity contribution >= 4 is 11.8 Å². The van der Waals surface area contributed by atoms with Gasteiger partial charge >= 0.3 is 0 Å². The molecule has 0 N–H and O–H groups in total. The summed E-state index contributed by atoms with van der Waals surface area (Å²) in [5, 5.41) is 2.24. The maximum absolute atomic E-state index is 2.20. The molecule has 0 aromatic carbocycles. The molecule has 1 heterocycles. The molecule has 0 aromatic heterocycles. The van der Waals surface area contributed by atoms with Crippen molar-refractivity contribution in [1.29, 1.82) is 0 Å². The number of rotatable bonds is 0. The first kappa shape index (κ1) is 4.25. The monoisotopic (exact) mass is 114 g/mol. The Hall–Kier alpha value is 0.350. The van der Waals surface area contributed by atoms with Gasteiger partial charge in [-0.2, -0.15) is 11.8 Å². The summed E-state index contributed by atoms with van der Waals surface area (Å²) in [6.07, 6.45) is 6.06. The van der Waals surface area contributed by atoms with E-state index in [2.05, 4.69) is 11.8 Å². The lowest BCUT2D eigenvalue weighted by molar-refractivity contribution is 0.571. The van der Waals surface area contributed by atoms with E-state index in [9.17, 15) is 0 Å². The highest BCUT2D eigenvalue weighted by molar-refractivity contribution is 8.07. The minimum absolute atomic E-state index is 1.12. The summed E-state index contributed by atoms with van der Waals surface area (Å²) in [7, 11) is 0. The van der Waals surface area contributed by atoms with Crippen LogP contribution in [-0.2, 0) is 0 Å². The van der Waals surface area contributed by atoms with E-state index in [-0.39, 0.29) is 0 Å². The van der Waals surface area contributed by atoms with Crippen LogP contribution in [0, 0.1) is 0 Å². The third kappa shape index (κ3) is 0.674. The molecule has 1 saturated carbocycles. The quantitative estimate of drug-likeness (QED) is 0.434. The van der Waals surface area contributed by atoms with Gasteiger partial charge in [-0.15, -0.1) is 0 Å². The van der Waals surface area contributed by atoms with Crippen molar-refractivity contribution < 1.29 is 0 Å². The van der Waals surface area contributed by atoms with Gasteiger partial charge in [-0.25, -0.2) is 0 Å². The molecular weight excluding hydrogens is 104 g/mol. The topological polar surface area (TPSA) is 0 Å². The highest BCUT2D eigenvalue weighted by Gasteiger charge is 2.39. The van der Waals surface area contributed by atoms with Gasteiger partial charge < -0.3 is 0 Å². The van der Waals surface area contributed by atoms with Gasteiger partial charge in [0, 0.05) is 10.5 Å². The average Bonchev–Trinajstić information content (AvgIpc) is 2.41. The maximum Gasteiger partial charge on any atom is 0.0169 e. The second-order valence-electron chi connectivity index (χ2n) is 2.50.